The van der Waals surface area contributed by atoms with Crippen molar-refractivity contribution in [3.63, 3.8) is 0 Å². The molecule has 0 aliphatic rings. The maximum Gasteiger partial charge on any atom is 0.191 e. The molecule has 1 aromatic carbocycles. The molecule has 0 aliphatic heterocycles. The fraction of sp³-hybridized carbons (Fsp3) is 0.524. The number of benzene rings is 1. The van der Waals surface area contributed by atoms with Crippen LogP contribution in [0.15, 0.2) is 35.6 Å². The van der Waals surface area contributed by atoms with E-state index in [1.165, 1.54) is 5.56 Å². The maximum absolute atomic E-state index is 5.37. The van der Waals surface area contributed by atoms with Gasteiger partial charge in [0, 0.05) is 32.0 Å². The summed E-state index contributed by atoms with van der Waals surface area (Å²) in [5.74, 6) is 3.83. The molecule has 2 N–H and O–H groups in total. The predicted molar refractivity (Wildman–Crippen MR) is 129 cm³/mol. The number of imidazole rings is 1. The molecule has 0 atom stereocenters. The summed E-state index contributed by atoms with van der Waals surface area (Å²) in [5.41, 5.74) is 1.17. The van der Waals surface area contributed by atoms with Gasteiger partial charge in [0.05, 0.1) is 14.2 Å². The minimum atomic E-state index is 0. The topological polar surface area (TPSA) is 72.7 Å². The standard InChI is InChI=1S/C21H33N5O2.HI/c1-6-22-21(25-14-20-23-11-12-26(20)15-16(2)3)24-10-9-17-7-8-18(27-4)19(13-17)28-5;/h7-8,11-13,16H,6,9-10,14-15H2,1-5H3,(H2,22,24,25);1H. The van der Waals surface area contributed by atoms with Crippen molar-refractivity contribution in [3.05, 3.63) is 42.0 Å². The summed E-state index contributed by atoms with van der Waals surface area (Å²) < 4.78 is 12.8. The van der Waals surface area contributed by atoms with Crippen LogP contribution in [0.4, 0.5) is 0 Å². The molecule has 1 heterocycles. The average molecular weight is 515 g/mol. The lowest BCUT2D eigenvalue weighted by Gasteiger charge is -2.13. The maximum atomic E-state index is 5.37. The lowest BCUT2D eigenvalue weighted by Crippen LogP contribution is -2.38. The second kappa shape index (κ2) is 13.3. The molecular formula is C21H34IN5O2. The zero-order chi connectivity index (χ0) is 20.4. The van der Waals surface area contributed by atoms with Gasteiger partial charge in [-0.3, -0.25) is 0 Å². The molecule has 0 unspecified atom stereocenters. The van der Waals surface area contributed by atoms with E-state index in [4.69, 9.17) is 9.47 Å². The summed E-state index contributed by atoms with van der Waals surface area (Å²) in [5, 5.41) is 6.68. The Morgan fingerprint density at radius 3 is 2.59 bits per heavy atom. The van der Waals surface area contributed by atoms with Crippen LogP contribution in [-0.4, -0.2) is 42.8 Å². The largest absolute Gasteiger partial charge is 0.493 e. The lowest BCUT2D eigenvalue weighted by atomic mass is 10.1. The van der Waals surface area contributed by atoms with Crippen LogP contribution in [0.25, 0.3) is 0 Å². The molecule has 0 fully saturated rings. The summed E-state index contributed by atoms with van der Waals surface area (Å²) in [4.78, 5) is 9.12. The molecule has 0 bridgehead atoms. The van der Waals surface area contributed by atoms with Gasteiger partial charge in [-0.05, 0) is 37.0 Å². The van der Waals surface area contributed by atoms with E-state index < -0.39 is 0 Å². The second-order valence-corrected chi connectivity index (χ2v) is 6.95. The van der Waals surface area contributed by atoms with Gasteiger partial charge in [-0.25, -0.2) is 9.98 Å². The Balaban J connectivity index is 0.00000420. The van der Waals surface area contributed by atoms with E-state index in [0.29, 0.717) is 12.5 Å². The first-order valence-corrected chi connectivity index (χ1v) is 9.80. The monoisotopic (exact) mass is 515 g/mol. The molecule has 162 valence electrons. The first-order valence-electron chi connectivity index (χ1n) is 9.80. The molecule has 0 amide bonds. The Hall–Kier alpha value is -1.97. The van der Waals surface area contributed by atoms with Gasteiger partial charge in [0.15, 0.2) is 17.5 Å². The highest BCUT2D eigenvalue weighted by Crippen LogP contribution is 2.27. The minimum absolute atomic E-state index is 0. The van der Waals surface area contributed by atoms with E-state index in [1.807, 2.05) is 24.5 Å². The Kier molecular flexibility index (Phi) is 11.5. The number of hydrogen-bond acceptors (Lipinski definition) is 4. The fourth-order valence-corrected chi connectivity index (χ4v) is 2.90. The van der Waals surface area contributed by atoms with Crippen LogP contribution in [-0.2, 0) is 19.5 Å². The molecule has 2 aromatic rings. The zero-order valence-electron chi connectivity index (χ0n) is 18.1. The second-order valence-electron chi connectivity index (χ2n) is 6.95. The van der Waals surface area contributed by atoms with Crippen LogP contribution in [0.5, 0.6) is 11.5 Å². The number of aliphatic imine (C=N–C) groups is 1. The SMILES string of the molecule is CCNC(=NCc1nccn1CC(C)C)NCCc1ccc(OC)c(OC)c1.I. The van der Waals surface area contributed by atoms with Crippen molar-refractivity contribution in [2.75, 3.05) is 27.3 Å². The number of halogens is 1. The highest BCUT2D eigenvalue weighted by Gasteiger charge is 2.07. The molecule has 1 aromatic heterocycles. The molecule has 0 aliphatic carbocycles. The van der Waals surface area contributed by atoms with E-state index >= 15 is 0 Å². The molecule has 0 saturated heterocycles. The van der Waals surface area contributed by atoms with Crippen LogP contribution in [0.3, 0.4) is 0 Å². The summed E-state index contributed by atoms with van der Waals surface area (Å²) in [6.07, 6.45) is 4.71. The quantitative estimate of drug-likeness (QED) is 0.288. The van der Waals surface area contributed by atoms with Gasteiger partial charge in [-0.2, -0.15) is 0 Å². The Morgan fingerprint density at radius 2 is 1.93 bits per heavy atom. The molecule has 8 heteroatoms. The summed E-state index contributed by atoms with van der Waals surface area (Å²) in [6, 6.07) is 5.99. The van der Waals surface area contributed by atoms with Crippen LogP contribution in [0.2, 0.25) is 0 Å². The van der Waals surface area contributed by atoms with Gasteiger partial charge in [0.25, 0.3) is 0 Å². The van der Waals surface area contributed by atoms with Crippen molar-refractivity contribution < 1.29 is 9.47 Å². The number of methoxy groups -OCH3 is 2. The molecule has 2 rings (SSSR count). The fourth-order valence-electron chi connectivity index (χ4n) is 2.90. The molecular weight excluding hydrogens is 481 g/mol. The average Bonchev–Trinajstić information content (AvgIpc) is 3.12. The van der Waals surface area contributed by atoms with Gasteiger partial charge < -0.3 is 24.7 Å². The normalized spacial score (nSPS) is 11.2. The summed E-state index contributed by atoms with van der Waals surface area (Å²) in [6.45, 7) is 9.54. The van der Waals surface area contributed by atoms with Crippen LogP contribution in [0.1, 0.15) is 32.2 Å². The van der Waals surface area contributed by atoms with E-state index in [-0.39, 0.29) is 24.0 Å². The van der Waals surface area contributed by atoms with Crippen LogP contribution in [0, 0.1) is 5.92 Å². The number of ether oxygens (including phenoxy) is 2. The number of rotatable bonds is 10. The van der Waals surface area contributed by atoms with Crippen LogP contribution < -0.4 is 20.1 Å². The van der Waals surface area contributed by atoms with Crippen molar-refractivity contribution in [1.82, 2.24) is 20.2 Å². The number of nitrogens with one attached hydrogen (secondary N) is 2. The molecule has 0 radical (unpaired) electrons. The predicted octanol–water partition coefficient (Wildman–Crippen LogP) is 3.47. The first-order chi connectivity index (χ1) is 13.6. The molecule has 0 spiro atoms. The van der Waals surface area contributed by atoms with Crippen molar-refractivity contribution in [2.24, 2.45) is 10.9 Å². The Morgan fingerprint density at radius 1 is 1.17 bits per heavy atom. The first kappa shape index (κ1) is 25.1. The van der Waals surface area contributed by atoms with Crippen molar-refractivity contribution in [2.45, 2.75) is 40.3 Å². The molecule has 0 saturated carbocycles. The molecule has 7 nitrogen and oxygen atoms in total. The summed E-state index contributed by atoms with van der Waals surface area (Å²) >= 11 is 0. The van der Waals surface area contributed by atoms with Gasteiger partial charge in [0.2, 0.25) is 0 Å². The van der Waals surface area contributed by atoms with Crippen LogP contribution >= 0.6 is 24.0 Å². The van der Waals surface area contributed by atoms with E-state index in [9.17, 15) is 0 Å². The molecule has 29 heavy (non-hydrogen) atoms. The zero-order valence-corrected chi connectivity index (χ0v) is 20.4. The number of aromatic nitrogens is 2. The highest BCUT2D eigenvalue weighted by molar-refractivity contribution is 14.0. The van der Waals surface area contributed by atoms with Crippen molar-refractivity contribution in [3.8, 4) is 11.5 Å². The van der Waals surface area contributed by atoms with E-state index in [2.05, 4.69) is 52.0 Å². The van der Waals surface area contributed by atoms with Crippen molar-refractivity contribution in [1.29, 1.82) is 0 Å². The van der Waals surface area contributed by atoms with E-state index in [1.54, 1.807) is 14.2 Å². The van der Waals surface area contributed by atoms with Gasteiger partial charge in [-0.15, -0.1) is 24.0 Å². The van der Waals surface area contributed by atoms with Crippen molar-refractivity contribution >= 4 is 29.9 Å². The van der Waals surface area contributed by atoms with Gasteiger partial charge >= 0.3 is 0 Å². The third-order valence-electron chi connectivity index (χ3n) is 4.24. The summed E-state index contributed by atoms with van der Waals surface area (Å²) in [7, 11) is 3.30. The third kappa shape index (κ3) is 8.12. The Bertz CT molecular complexity index is 761. The van der Waals surface area contributed by atoms with E-state index in [0.717, 1.165) is 49.3 Å². The third-order valence-corrected chi connectivity index (χ3v) is 4.24. The highest BCUT2D eigenvalue weighted by atomic mass is 127. The lowest BCUT2D eigenvalue weighted by molar-refractivity contribution is 0.354. The number of guanidine groups is 1. The smallest absolute Gasteiger partial charge is 0.191 e. The van der Waals surface area contributed by atoms with Gasteiger partial charge in [0.1, 0.15) is 12.4 Å². The Labute approximate surface area is 191 Å². The number of nitrogens with zero attached hydrogens (tertiary/aromatic N) is 3. The van der Waals surface area contributed by atoms with Gasteiger partial charge in [-0.1, -0.05) is 19.9 Å². The number of hydrogen-bond donors (Lipinski definition) is 2. The minimum Gasteiger partial charge on any atom is -0.493 e.